The van der Waals surface area contributed by atoms with E-state index in [0.29, 0.717) is 18.7 Å². The van der Waals surface area contributed by atoms with Gasteiger partial charge in [-0.2, -0.15) is 4.98 Å². The van der Waals surface area contributed by atoms with Crippen molar-refractivity contribution < 1.29 is 9.47 Å². The van der Waals surface area contributed by atoms with E-state index in [1.165, 1.54) is 0 Å². The maximum atomic E-state index is 5.50. The molecule has 2 aromatic heterocycles. The molecule has 1 aromatic carbocycles. The summed E-state index contributed by atoms with van der Waals surface area (Å²) in [6.45, 7) is 4.97. The quantitative estimate of drug-likeness (QED) is 0.677. The van der Waals surface area contributed by atoms with Crippen LogP contribution in [0.15, 0.2) is 49.2 Å². The summed E-state index contributed by atoms with van der Waals surface area (Å²) in [4.78, 5) is 8.90. The van der Waals surface area contributed by atoms with E-state index in [4.69, 9.17) is 9.47 Å². The molecular weight excluding hydrogens is 304 g/mol. The smallest absolute Gasteiger partial charge is 0.206 e. The van der Waals surface area contributed by atoms with Crippen molar-refractivity contribution in [2.24, 2.45) is 0 Å². The fourth-order valence-electron chi connectivity index (χ4n) is 2.57. The molecule has 0 fully saturated rings. The lowest BCUT2D eigenvalue weighted by Crippen LogP contribution is -2.09. The van der Waals surface area contributed by atoms with E-state index < -0.39 is 0 Å². The number of nitrogens with one attached hydrogen (secondary N) is 1. The minimum absolute atomic E-state index is 0.606. The normalized spacial score (nSPS) is 10.6. The highest BCUT2D eigenvalue weighted by Crippen LogP contribution is 2.27. The summed E-state index contributed by atoms with van der Waals surface area (Å²) < 4.78 is 12.8. The van der Waals surface area contributed by atoms with Crippen molar-refractivity contribution in [2.75, 3.05) is 26.1 Å². The highest BCUT2D eigenvalue weighted by atomic mass is 16.5. The number of anilines is 1. The first-order valence-electron chi connectivity index (χ1n) is 7.63. The minimum Gasteiger partial charge on any atom is -0.497 e. The van der Waals surface area contributed by atoms with E-state index in [9.17, 15) is 0 Å². The van der Waals surface area contributed by atoms with E-state index in [0.717, 1.165) is 28.5 Å². The number of rotatable bonds is 7. The zero-order valence-electron chi connectivity index (χ0n) is 13.8. The standard InChI is InChI=1S/C18H20N4O2/c1-4-9-20-18-21-17-15(6-5-10-19-17)22(18)12-13-7-8-14(23-2)11-16(13)24-3/h4-8,10-11H,1,9,12H2,2-3H3,(H,19,20,21). The average molecular weight is 324 g/mol. The van der Waals surface area contributed by atoms with Crippen molar-refractivity contribution in [3.8, 4) is 11.5 Å². The van der Waals surface area contributed by atoms with Crippen LogP contribution in [0, 0.1) is 0 Å². The Morgan fingerprint density at radius 3 is 2.88 bits per heavy atom. The van der Waals surface area contributed by atoms with E-state index >= 15 is 0 Å². The van der Waals surface area contributed by atoms with Crippen molar-refractivity contribution in [1.82, 2.24) is 14.5 Å². The summed E-state index contributed by atoms with van der Waals surface area (Å²) in [5.74, 6) is 2.29. The second kappa shape index (κ2) is 7.04. The van der Waals surface area contributed by atoms with Crippen LogP contribution < -0.4 is 14.8 Å². The molecule has 2 heterocycles. The SMILES string of the molecule is C=CCNc1nc2ncccc2n1Cc1ccc(OC)cc1OC. The van der Waals surface area contributed by atoms with Crippen molar-refractivity contribution in [2.45, 2.75) is 6.54 Å². The van der Waals surface area contributed by atoms with Crippen LogP contribution >= 0.6 is 0 Å². The van der Waals surface area contributed by atoms with Gasteiger partial charge in [-0.3, -0.25) is 0 Å². The van der Waals surface area contributed by atoms with Crippen LogP contribution in [0.1, 0.15) is 5.56 Å². The van der Waals surface area contributed by atoms with Gasteiger partial charge < -0.3 is 19.4 Å². The van der Waals surface area contributed by atoms with Crippen LogP contribution in [0.2, 0.25) is 0 Å². The van der Waals surface area contributed by atoms with E-state index in [2.05, 4.69) is 26.4 Å². The number of imidazole rings is 1. The summed E-state index contributed by atoms with van der Waals surface area (Å²) in [6.07, 6.45) is 3.54. The fraction of sp³-hybridized carbons (Fsp3) is 0.222. The molecule has 0 aliphatic rings. The van der Waals surface area contributed by atoms with Crippen LogP contribution in [0.3, 0.4) is 0 Å². The molecule has 3 aromatic rings. The Kier molecular flexibility index (Phi) is 4.65. The number of benzene rings is 1. The van der Waals surface area contributed by atoms with Crippen molar-refractivity contribution >= 4 is 17.1 Å². The first-order valence-corrected chi connectivity index (χ1v) is 7.63. The summed E-state index contributed by atoms with van der Waals surface area (Å²) in [7, 11) is 3.30. The van der Waals surface area contributed by atoms with Gasteiger partial charge in [-0.15, -0.1) is 6.58 Å². The molecule has 3 rings (SSSR count). The van der Waals surface area contributed by atoms with Gasteiger partial charge in [0.05, 0.1) is 26.3 Å². The molecular formula is C18H20N4O2. The maximum absolute atomic E-state index is 5.50. The lowest BCUT2D eigenvalue weighted by molar-refractivity contribution is 0.390. The molecule has 0 radical (unpaired) electrons. The zero-order valence-corrected chi connectivity index (χ0v) is 13.8. The maximum Gasteiger partial charge on any atom is 0.206 e. The highest BCUT2D eigenvalue weighted by molar-refractivity contribution is 5.74. The topological polar surface area (TPSA) is 61.2 Å². The van der Waals surface area contributed by atoms with Crippen LogP contribution in [-0.4, -0.2) is 35.3 Å². The van der Waals surface area contributed by atoms with Gasteiger partial charge in [-0.05, 0) is 24.3 Å². The molecule has 0 saturated heterocycles. The lowest BCUT2D eigenvalue weighted by atomic mass is 10.2. The van der Waals surface area contributed by atoms with Gasteiger partial charge in [0.25, 0.3) is 0 Å². The average Bonchev–Trinajstić information content (AvgIpc) is 2.98. The first-order chi connectivity index (χ1) is 11.8. The molecule has 0 aliphatic heterocycles. The number of nitrogens with zero attached hydrogens (tertiary/aromatic N) is 3. The molecule has 6 heteroatoms. The summed E-state index contributed by atoms with van der Waals surface area (Å²) in [5.41, 5.74) is 2.70. The molecule has 0 atom stereocenters. The van der Waals surface area contributed by atoms with Crippen LogP contribution in [0.5, 0.6) is 11.5 Å². The number of aromatic nitrogens is 3. The number of fused-ring (bicyclic) bond motifs is 1. The first kappa shape index (κ1) is 15.9. The van der Waals surface area contributed by atoms with Gasteiger partial charge >= 0.3 is 0 Å². The Morgan fingerprint density at radius 1 is 1.25 bits per heavy atom. The molecule has 1 N–H and O–H groups in total. The molecule has 0 bridgehead atoms. The van der Waals surface area contributed by atoms with Crippen LogP contribution in [0.25, 0.3) is 11.2 Å². The largest absolute Gasteiger partial charge is 0.497 e. The second-order valence-corrected chi connectivity index (χ2v) is 5.22. The van der Waals surface area contributed by atoms with E-state index in [-0.39, 0.29) is 0 Å². The van der Waals surface area contributed by atoms with Crippen molar-refractivity contribution in [3.63, 3.8) is 0 Å². The summed E-state index contributed by atoms with van der Waals surface area (Å²) >= 11 is 0. The minimum atomic E-state index is 0.606. The molecule has 24 heavy (non-hydrogen) atoms. The number of pyridine rings is 1. The van der Waals surface area contributed by atoms with Crippen LogP contribution in [-0.2, 0) is 6.54 Å². The molecule has 124 valence electrons. The molecule has 0 aliphatic carbocycles. The third-order valence-electron chi connectivity index (χ3n) is 3.75. The number of hydrogen-bond acceptors (Lipinski definition) is 5. The second-order valence-electron chi connectivity index (χ2n) is 5.22. The van der Waals surface area contributed by atoms with Crippen LogP contribution in [0.4, 0.5) is 5.95 Å². The van der Waals surface area contributed by atoms with Gasteiger partial charge in [0.1, 0.15) is 11.5 Å². The van der Waals surface area contributed by atoms with E-state index in [1.807, 2.05) is 30.3 Å². The van der Waals surface area contributed by atoms with Crippen molar-refractivity contribution in [3.05, 3.63) is 54.7 Å². The Morgan fingerprint density at radius 2 is 2.12 bits per heavy atom. The Hall–Kier alpha value is -3.02. The number of methoxy groups -OCH3 is 2. The molecule has 0 spiro atoms. The molecule has 6 nitrogen and oxygen atoms in total. The summed E-state index contributed by atoms with van der Waals surface area (Å²) in [5, 5.41) is 3.26. The third-order valence-corrected chi connectivity index (χ3v) is 3.75. The van der Waals surface area contributed by atoms with E-state index in [1.54, 1.807) is 26.5 Å². The Labute approximate surface area is 140 Å². The fourth-order valence-corrected chi connectivity index (χ4v) is 2.57. The lowest BCUT2D eigenvalue weighted by Gasteiger charge is -2.13. The van der Waals surface area contributed by atoms with Gasteiger partial charge in [0, 0.05) is 24.4 Å². The van der Waals surface area contributed by atoms with Gasteiger partial charge in [-0.25, -0.2) is 4.98 Å². The summed E-state index contributed by atoms with van der Waals surface area (Å²) in [6, 6.07) is 9.71. The monoisotopic (exact) mass is 324 g/mol. The predicted octanol–water partition coefficient (Wildman–Crippen LogP) is 3.09. The van der Waals surface area contributed by atoms with Gasteiger partial charge in [0.2, 0.25) is 5.95 Å². The Balaban J connectivity index is 2.04. The molecule has 0 amide bonds. The number of ether oxygens (including phenoxy) is 2. The zero-order chi connectivity index (χ0) is 16.9. The van der Waals surface area contributed by atoms with Gasteiger partial charge in [-0.1, -0.05) is 6.08 Å². The number of hydrogen-bond donors (Lipinski definition) is 1. The Bertz CT molecular complexity index is 857. The van der Waals surface area contributed by atoms with Gasteiger partial charge in [0.15, 0.2) is 5.65 Å². The van der Waals surface area contributed by atoms with Crippen molar-refractivity contribution in [1.29, 1.82) is 0 Å². The molecule has 0 unspecified atom stereocenters. The molecule has 0 saturated carbocycles. The third kappa shape index (κ3) is 3.03. The predicted molar refractivity (Wildman–Crippen MR) is 94.9 cm³/mol. The highest BCUT2D eigenvalue weighted by Gasteiger charge is 2.13.